The molecule has 2 aliphatic heterocycles. The lowest BCUT2D eigenvalue weighted by atomic mass is 9.95. The van der Waals surface area contributed by atoms with Gasteiger partial charge in [0.2, 0.25) is 5.95 Å². The van der Waals surface area contributed by atoms with Crippen LogP contribution in [0.2, 0.25) is 0 Å². The molecule has 1 aromatic heterocycles. The van der Waals surface area contributed by atoms with Crippen LogP contribution in [0, 0.1) is 11.8 Å². The van der Waals surface area contributed by atoms with Gasteiger partial charge in [0.15, 0.2) is 5.82 Å². The van der Waals surface area contributed by atoms with Gasteiger partial charge in [0.05, 0.1) is 0 Å². The predicted octanol–water partition coefficient (Wildman–Crippen LogP) is 4.15. The normalized spacial score (nSPS) is 18.3. The van der Waals surface area contributed by atoms with Gasteiger partial charge in [-0.2, -0.15) is 9.37 Å². The molecule has 1 atom stereocenters. The number of nitrogens with one attached hydrogen (secondary N) is 1. The number of fused-ring (bicyclic) bond motifs is 1. The first-order valence-corrected chi connectivity index (χ1v) is 11.6. The van der Waals surface area contributed by atoms with Crippen LogP contribution in [0.3, 0.4) is 0 Å². The molecule has 2 aliphatic rings. The van der Waals surface area contributed by atoms with Crippen LogP contribution in [0.4, 0.5) is 14.6 Å². The largest absolute Gasteiger partial charge is 0.382 e. The number of nitrogens with zero attached hydrogens (tertiary/aromatic N) is 3. The van der Waals surface area contributed by atoms with E-state index in [4.69, 9.17) is 5.73 Å². The van der Waals surface area contributed by atoms with Crippen molar-refractivity contribution in [2.75, 3.05) is 25.4 Å². The van der Waals surface area contributed by atoms with Crippen molar-refractivity contribution in [2.45, 2.75) is 38.6 Å². The number of aromatic nitrogens is 2. The lowest BCUT2D eigenvalue weighted by molar-refractivity contribution is 0.0945. The second kappa shape index (κ2) is 8.76. The summed E-state index contributed by atoms with van der Waals surface area (Å²) in [5.74, 6) is -1.53. The van der Waals surface area contributed by atoms with Crippen LogP contribution in [-0.2, 0) is 6.42 Å². The summed E-state index contributed by atoms with van der Waals surface area (Å²) in [6.07, 6.45) is 1.65. The summed E-state index contributed by atoms with van der Waals surface area (Å²) >= 11 is 0. The summed E-state index contributed by atoms with van der Waals surface area (Å²) < 4.78 is 29.8. The molecule has 176 valence electrons. The molecule has 34 heavy (non-hydrogen) atoms. The number of carbonyl (C=O) groups excluding carboxylic acids is 1. The van der Waals surface area contributed by atoms with Gasteiger partial charge in [0.25, 0.3) is 5.91 Å². The minimum absolute atomic E-state index is 0.0147. The van der Waals surface area contributed by atoms with E-state index in [1.165, 1.54) is 11.6 Å². The van der Waals surface area contributed by atoms with Crippen LogP contribution in [0.5, 0.6) is 0 Å². The number of amides is 1. The van der Waals surface area contributed by atoms with E-state index in [-0.39, 0.29) is 28.7 Å². The zero-order valence-corrected chi connectivity index (χ0v) is 19.2. The Labute approximate surface area is 197 Å². The van der Waals surface area contributed by atoms with Crippen LogP contribution in [-0.4, -0.2) is 46.5 Å². The third-order valence-electron chi connectivity index (χ3n) is 6.86. The lowest BCUT2D eigenvalue weighted by Crippen LogP contribution is -2.32. The molecule has 1 saturated heterocycles. The first kappa shape index (κ1) is 22.4. The number of benzene rings is 2. The Morgan fingerprint density at radius 2 is 1.85 bits per heavy atom. The van der Waals surface area contributed by atoms with Crippen molar-refractivity contribution in [1.82, 2.24) is 20.2 Å². The molecule has 0 spiro atoms. The van der Waals surface area contributed by atoms with Crippen molar-refractivity contribution in [2.24, 2.45) is 0 Å². The number of hydrogen-bond donors (Lipinski definition) is 2. The fraction of sp³-hybridized carbons (Fsp3) is 0.346. The molecule has 8 heteroatoms. The Hall–Kier alpha value is -3.39. The molecule has 1 fully saturated rings. The number of nitrogen functional groups attached to an aromatic ring is 1. The maximum atomic E-state index is 15.0. The van der Waals surface area contributed by atoms with E-state index in [1.54, 1.807) is 6.07 Å². The molecule has 0 bridgehead atoms. The molecule has 0 aliphatic carbocycles. The quantitative estimate of drug-likeness (QED) is 0.607. The average Bonchev–Trinajstić information content (AvgIpc) is 3.31. The van der Waals surface area contributed by atoms with Crippen molar-refractivity contribution in [3.05, 3.63) is 64.9 Å². The minimum Gasteiger partial charge on any atom is -0.382 e. The molecule has 1 unspecified atom stereocenters. The summed E-state index contributed by atoms with van der Waals surface area (Å²) in [5.41, 5.74) is 8.88. The Bertz CT molecular complexity index is 1260. The first-order valence-electron chi connectivity index (χ1n) is 11.6. The molecule has 3 heterocycles. The maximum absolute atomic E-state index is 15.0. The lowest BCUT2D eigenvalue weighted by Gasteiger charge is -2.20. The molecule has 0 saturated carbocycles. The van der Waals surface area contributed by atoms with E-state index in [0.717, 1.165) is 19.5 Å². The fourth-order valence-corrected chi connectivity index (χ4v) is 4.87. The molecule has 3 aromatic rings. The van der Waals surface area contributed by atoms with Crippen molar-refractivity contribution >= 4 is 11.7 Å². The molecular formula is C26H27F2N5O. The van der Waals surface area contributed by atoms with Crippen molar-refractivity contribution in [1.29, 1.82) is 0 Å². The molecule has 3 N–H and O–H groups in total. The fourth-order valence-electron chi connectivity index (χ4n) is 4.87. The van der Waals surface area contributed by atoms with E-state index in [0.29, 0.717) is 41.6 Å². The highest BCUT2D eigenvalue weighted by Crippen LogP contribution is 2.34. The van der Waals surface area contributed by atoms with Gasteiger partial charge in [-0.25, -0.2) is 9.37 Å². The van der Waals surface area contributed by atoms with Crippen molar-refractivity contribution in [3.8, 4) is 22.5 Å². The number of halogens is 2. The van der Waals surface area contributed by atoms with Gasteiger partial charge in [0.1, 0.15) is 17.2 Å². The summed E-state index contributed by atoms with van der Waals surface area (Å²) in [7, 11) is 0. The van der Waals surface area contributed by atoms with E-state index >= 15 is 0 Å². The Morgan fingerprint density at radius 1 is 1.09 bits per heavy atom. The van der Waals surface area contributed by atoms with Gasteiger partial charge in [-0.1, -0.05) is 24.3 Å². The molecular weight excluding hydrogens is 436 g/mol. The molecule has 6 nitrogen and oxygen atoms in total. The SMILES string of the molecule is CC(C)N1CCC(c2ccc(-c3nc(-c4cc5c(cc4F)C(=O)NCC5)c(N)nc3F)cc2)C1. The molecule has 1 amide bonds. The van der Waals surface area contributed by atoms with Gasteiger partial charge in [-0.3, -0.25) is 4.79 Å². The number of rotatable bonds is 4. The van der Waals surface area contributed by atoms with Gasteiger partial charge < -0.3 is 16.0 Å². The van der Waals surface area contributed by atoms with Gasteiger partial charge in [-0.15, -0.1) is 0 Å². The van der Waals surface area contributed by atoms with Gasteiger partial charge in [0, 0.05) is 35.8 Å². The zero-order valence-electron chi connectivity index (χ0n) is 19.2. The Morgan fingerprint density at radius 3 is 2.56 bits per heavy atom. The first-order chi connectivity index (χ1) is 16.3. The van der Waals surface area contributed by atoms with E-state index in [2.05, 4.69) is 34.0 Å². The number of nitrogens with two attached hydrogens (primary N) is 1. The van der Waals surface area contributed by atoms with Crippen LogP contribution in [0.1, 0.15) is 47.7 Å². The van der Waals surface area contributed by atoms with Crippen LogP contribution >= 0.6 is 0 Å². The summed E-state index contributed by atoms with van der Waals surface area (Å²) in [6.45, 7) is 6.94. The number of anilines is 1. The predicted molar refractivity (Wildman–Crippen MR) is 127 cm³/mol. The number of carbonyl (C=O) groups is 1. The Balaban J connectivity index is 1.49. The topological polar surface area (TPSA) is 84.1 Å². The second-order valence-electron chi connectivity index (χ2n) is 9.29. The van der Waals surface area contributed by atoms with E-state index in [1.807, 2.05) is 24.3 Å². The highest BCUT2D eigenvalue weighted by molar-refractivity contribution is 5.97. The highest BCUT2D eigenvalue weighted by Gasteiger charge is 2.26. The standard InChI is InChI=1S/C26H27F2N5O/c1-14(2)33-10-8-18(13-33)15-3-5-16(6-4-15)22-24(28)32-25(29)23(31-22)20-11-17-7-9-30-26(34)19(17)12-21(20)27/h3-6,11-12,14,18H,7-10,13H2,1-2H3,(H2,29,32)(H,30,34). The van der Waals surface area contributed by atoms with Gasteiger partial charge >= 0.3 is 0 Å². The summed E-state index contributed by atoms with van der Waals surface area (Å²) in [6, 6.07) is 10.9. The smallest absolute Gasteiger partial charge is 0.251 e. The van der Waals surface area contributed by atoms with Crippen LogP contribution < -0.4 is 11.1 Å². The number of hydrogen-bond acceptors (Lipinski definition) is 5. The second-order valence-corrected chi connectivity index (χ2v) is 9.29. The molecule has 0 radical (unpaired) electrons. The number of likely N-dealkylation sites (tertiary alicyclic amines) is 1. The molecule has 5 rings (SSSR count). The van der Waals surface area contributed by atoms with Crippen LogP contribution in [0.15, 0.2) is 36.4 Å². The van der Waals surface area contributed by atoms with Crippen molar-refractivity contribution in [3.63, 3.8) is 0 Å². The third kappa shape index (κ3) is 4.03. The minimum atomic E-state index is -0.807. The van der Waals surface area contributed by atoms with Gasteiger partial charge in [-0.05, 0) is 62.4 Å². The van der Waals surface area contributed by atoms with E-state index in [9.17, 15) is 13.6 Å². The highest BCUT2D eigenvalue weighted by atomic mass is 19.1. The van der Waals surface area contributed by atoms with Crippen LogP contribution in [0.25, 0.3) is 22.5 Å². The Kier molecular flexibility index (Phi) is 5.77. The maximum Gasteiger partial charge on any atom is 0.251 e. The molecule has 2 aromatic carbocycles. The summed E-state index contributed by atoms with van der Waals surface area (Å²) in [5, 5.41) is 2.70. The van der Waals surface area contributed by atoms with E-state index < -0.39 is 11.8 Å². The third-order valence-corrected chi connectivity index (χ3v) is 6.86. The van der Waals surface area contributed by atoms with Crippen molar-refractivity contribution < 1.29 is 13.6 Å². The monoisotopic (exact) mass is 463 g/mol. The summed E-state index contributed by atoms with van der Waals surface area (Å²) in [4.78, 5) is 22.7. The average molecular weight is 464 g/mol. The zero-order chi connectivity index (χ0) is 24.0.